The van der Waals surface area contributed by atoms with Crippen LogP contribution < -0.4 is 4.90 Å². The van der Waals surface area contributed by atoms with Crippen molar-refractivity contribution < 1.29 is 17.6 Å². The summed E-state index contributed by atoms with van der Waals surface area (Å²) in [5.74, 6) is -3.12. The third kappa shape index (κ3) is 5.27. The number of hydrogen-bond acceptors (Lipinski definition) is 3. The van der Waals surface area contributed by atoms with E-state index in [1.807, 2.05) is 18.2 Å². The molecule has 7 heteroatoms. The Kier molecular flexibility index (Phi) is 7.05. The summed E-state index contributed by atoms with van der Waals surface area (Å²) in [7, 11) is 0. The van der Waals surface area contributed by atoms with Crippen molar-refractivity contribution in [1.82, 2.24) is 9.88 Å². The average molecular weight is 443 g/mol. The smallest absolute Gasteiger partial charge is 0.159 e. The second-order valence-corrected chi connectivity index (χ2v) is 8.06. The van der Waals surface area contributed by atoms with Crippen LogP contribution in [0.3, 0.4) is 0 Å². The molecule has 2 heterocycles. The fraction of sp³-hybridized carbons (Fsp3) is 0.320. The summed E-state index contributed by atoms with van der Waals surface area (Å²) in [4.78, 5) is 9.01. The lowest BCUT2D eigenvalue weighted by molar-refractivity contribution is 0.251. The number of rotatable bonds is 7. The van der Waals surface area contributed by atoms with Crippen LogP contribution in [-0.4, -0.2) is 42.6 Å². The number of piperazine rings is 1. The molecule has 0 spiro atoms. The summed E-state index contributed by atoms with van der Waals surface area (Å²) in [6, 6.07) is 13.3. The van der Waals surface area contributed by atoms with Crippen LogP contribution in [-0.2, 0) is 0 Å². The molecule has 0 aliphatic carbocycles. The minimum absolute atomic E-state index is 0.352. The molecule has 3 aromatic rings. The fourth-order valence-electron chi connectivity index (χ4n) is 4.24. The van der Waals surface area contributed by atoms with Crippen molar-refractivity contribution >= 4 is 5.82 Å². The van der Waals surface area contributed by atoms with E-state index in [0.717, 1.165) is 69.2 Å². The van der Waals surface area contributed by atoms with Crippen LogP contribution in [0.15, 0.2) is 60.8 Å². The van der Waals surface area contributed by atoms with Crippen LogP contribution in [0, 0.1) is 23.3 Å². The number of hydrogen-bond donors (Lipinski definition) is 0. The quantitative estimate of drug-likeness (QED) is 0.458. The maximum atomic E-state index is 13.9. The van der Waals surface area contributed by atoms with Crippen LogP contribution >= 0.6 is 0 Å². The van der Waals surface area contributed by atoms with Crippen molar-refractivity contribution in [3.8, 4) is 0 Å². The molecule has 1 aliphatic rings. The SMILES string of the molecule is Fc1ccc(C(CCCN2CCN(c3ccccn3)CC2)c2ccc(F)c(F)c2)cc1F. The molecule has 0 amide bonds. The Hall–Kier alpha value is -2.93. The van der Waals surface area contributed by atoms with Crippen LogP contribution in [0.5, 0.6) is 0 Å². The Morgan fingerprint density at radius 1 is 0.750 bits per heavy atom. The first-order valence-corrected chi connectivity index (χ1v) is 10.8. The van der Waals surface area contributed by atoms with Gasteiger partial charge in [0.15, 0.2) is 23.3 Å². The number of anilines is 1. The van der Waals surface area contributed by atoms with Crippen molar-refractivity contribution in [2.24, 2.45) is 0 Å². The molecular weight excluding hydrogens is 418 g/mol. The lowest BCUT2D eigenvalue weighted by Gasteiger charge is -2.35. The van der Waals surface area contributed by atoms with Gasteiger partial charge in [-0.3, -0.25) is 4.90 Å². The van der Waals surface area contributed by atoms with Gasteiger partial charge in [-0.25, -0.2) is 22.5 Å². The summed E-state index contributed by atoms with van der Waals surface area (Å²) in [6.07, 6.45) is 3.18. The minimum Gasteiger partial charge on any atom is -0.354 e. The molecular formula is C25H25F4N3. The van der Waals surface area contributed by atoms with Gasteiger partial charge in [0.25, 0.3) is 0 Å². The van der Waals surface area contributed by atoms with Gasteiger partial charge in [0.2, 0.25) is 0 Å². The second-order valence-electron chi connectivity index (χ2n) is 8.06. The number of aromatic nitrogens is 1. The van der Waals surface area contributed by atoms with E-state index in [0.29, 0.717) is 17.5 Å². The molecule has 1 fully saturated rings. The maximum Gasteiger partial charge on any atom is 0.159 e. The maximum absolute atomic E-state index is 13.9. The van der Waals surface area contributed by atoms with Crippen LogP contribution in [0.25, 0.3) is 0 Å². The molecule has 1 saturated heterocycles. The first-order valence-electron chi connectivity index (χ1n) is 10.8. The van der Waals surface area contributed by atoms with Crippen LogP contribution in [0.1, 0.15) is 29.9 Å². The zero-order chi connectivity index (χ0) is 22.5. The molecule has 0 atom stereocenters. The van der Waals surface area contributed by atoms with Gasteiger partial charge in [0.05, 0.1) is 0 Å². The highest BCUT2D eigenvalue weighted by atomic mass is 19.2. The van der Waals surface area contributed by atoms with E-state index in [1.54, 1.807) is 6.20 Å². The molecule has 32 heavy (non-hydrogen) atoms. The molecule has 0 radical (unpaired) electrons. The van der Waals surface area contributed by atoms with E-state index >= 15 is 0 Å². The first-order chi connectivity index (χ1) is 15.5. The van der Waals surface area contributed by atoms with Crippen molar-refractivity contribution in [3.05, 3.63) is 95.2 Å². The average Bonchev–Trinajstić information content (AvgIpc) is 2.82. The van der Waals surface area contributed by atoms with E-state index in [-0.39, 0.29) is 5.92 Å². The summed E-state index contributed by atoms with van der Waals surface area (Å²) in [6.45, 7) is 4.40. The number of pyridine rings is 1. The molecule has 0 saturated carbocycles. The van der Waals surface area contributed by atoms with Gasteiger partial charge in [0, 0.05) is 38.3 Å². The molecule has 168 valence electrons. The van der Waals surface area contributed by atoms with Gasteiger partial charge in [-0.05, 0) is 66.9 Å². The lowest BCUT2D eigenvalue weighted by atomic mass is 9.87. The highest BCUT2D eigenvalue weighted by Gasteiger charge is 2.21. The summed E-state index contributed by atoms with van der Waals surface area (Å²) >= 11 is 0. The fourth-order valence-corrected chi connectivity index (χ4v) is 4.24. The highest BCUT2D eigenvalue weighted by Crippen LogP contribution is 2.31. The molecule has 0 N–H and O–H groups in total. The van der Waals surface area contributed by atoms with Gasteiger partial charge in [-0.15, -0.1) is 0 Å². The van der Waals surface area contributed by atoms with Crippen molar-refractivity contribution in [3.63, 3.8) is 0 Å². The molecule has 1 aromatic heterocycles. The topological polar surface area (TPSA) is 19.4 Å². The summed E-state index contributed by atoms with van der Waals surface area (Å²) in [5, 5.41) is 0. The summed E-state index contributed by atoms with van der Waals surface area (Å²) < 4.78 is 54.6. The van der Waals surface area contributed by atoms with Crippen LogP contribution in [0.4, 0.5) is 23.4 Å². The van der Waals surface area contributed by atoms with Gasteiger partial charge >= 0.3 is 0 Å². The Labute approximate surface area is 185 Å². The Morgan fingerprint density at radius 3 is 1.91 bits per heavy atom. The Balaban J connectivity index is 1.39. The summed E-state index contributed by atoms with van der Waals surface area (Å²) in [5.41, 5.74) is 1.10. The predicted octanol–water partition coefficient (Wildman–Crippen LogP) is 5.37. The molecule has 0 unspecified atom stereocenters. The van der Waals surface area contributed by atoms with E-state index in [9.17, 15) is 17.6 Å². The molecule has 3 nitrogen and oxygen atoms in total. The number of nitrogens with zero attached hydrogens (tertiary/aromatic N) is 3. The van der Waals surface area contributed by atoms with Crippen molar-refractivity contribution in [2.45, 2.75) is 18.8 Å². The Morgan fingerprint density at radius 2 is 1.38 bits per heavy atom. The highest BCUT2D eigenvalue weighted by molar-refractivity contribution is 5.38. The lowest BCUT2D eigenvalue weighted by Crippen LogP contribution is -2.46. The first kappa shape index (κ1) is 22.3. The Bertz CT molecular complexity index is 985. The van der Waals surface area contributed by atoms with Crippen molar-refractivity contribution in [1.29, 1.82) is 0 Å². The normalized spacial score (nSPS) is 14.8. The van der Waals surface area contributed by atoms with Crippen LogP contribution in [0.2, 0.25) is 0 Å². The molecule has 4 rings (SSSR count). The van der Waals surface area contributed by atoms with Gasteiger partial charge < -0.3 is 4.90 Å². The third-order valence-electron chi connectivity index (χ3n) is 6.00. The van der Waals surface area contributed by atoms with E-state index in [4.69, 9.17) is 0 Å². The zero-order valence-corrected chi connectivity index (χ0v) is 17.7. The molecule has 2 aromatic carbocycles. The number of halogens is 4. The van der Waals surface area contributed by atoms with E-state index in [2.05, 4.69) is 14.8 Å². The van der Waals surface area contributed by atoms with Gasteiger partial charge in [-0.1, -0.05) is 18.2 Å². The third-order valence-corrected chi connectivity index (χ3v) is 6.00. The number of benzene rings is 2. The largest absolute Gasteiger partial charge is 0.354 e. The molecule has 0 bridgehead atoms. The predicted molar refractivity (Wildman–Crippen MR) is 117 cm³/mol. The molecule has 1 aliphatic heterocycles. The minimum atomic E-state index is -0.944. The standard InChI is InChI=1S/C25H25F4N3/c26-21-8-6-18(16-23(21)28)20(19-7-9-22(27)24(29)17-19)4-3-11-31-12-14-32(15-13-31)25-5-1-2-10-30-25/h1-2,5-10,16-17,20H,3-4,11-15H2. The zero-order valence-electron chi connectivity index (χ0n) is 17.7. The van der Waals surface area contributed by atoms with E-state index < -0.39 is 23.3 Å². The van der Waals surface area contributed by atoms with Crippen molar-refractivity contribution in [2.75, 3.05) is 37.6 Å². The monoisotopic (exact) mass is 443 g/mol. The van der Waals surface area contributed by atoms with Gasteiger partial charge in [-0.2, -0.15) is 0 Å². The van der Waals surface area contributed by atoms with E-state index in [1.165, 1.54) is 12.1 Å². The second kappa shape index (κ2) is 10.1. The van der Waals surface area contributed by atoms with Gasteiger partial charge in [0.1, 0.15) is 5.82 Å².